The van der Waals surface area contributed by atoms with Gasteiger partial charge in [-0.05, 0) is 69.0 Å². The first-order valence-electron chi connectivity index (χ1n) is 9.67. The number of methoxy groups -OCH3 is 2. The molecule has 0 aliphatic rings. The number of nitrogens with two attached hydrogens (primary N) is 2. The number of benzene rings is 2. The lowest BCUT2D eigenvalue weighted by atomic mass is 9.96. The van der Waals surface area contributed by atoms with Crippen LogP contribution in [0.15, 0.2) is 30.3 Å². The van der Waals surface area contributed by atoms with Crippen molar-refractivity contribution in [1.29, 1.82) is 0 Å². The topological polar surface area (TPSA) is 131 Å². The summed E-state index contributed by atoms with van der Waals surface area (Å²) in [6, 6.07) is 7.92. The molecule has 4 N–H and O–H groups in total. The maximum atomic E-state index is 12.2. The second-order valence-electron chi connectivity index (χ2n) is 8.00. The SMILES string of the molecule is COC(=O)c1cc(N)c(CCc2ccc(C(=O)OC(C)(C)C)cc2N)cc1C(=O)OC. The first-order chi connectivity index (χ1) is 14.5. The van der Waals surface area contributed by atoms with Crippen molar-refractivity contribution in [2.24, 2.45) is 0 Å². The minimum absolute atomic E-state index is 0.0387. The highest BCUT2D eigenvalue weighted by Gasteiger charge is 2.21. The average molecular weight is 428 g/mol. The normalized spacial score (nSPS) is 11.0. The van der Waals surface area contributed by atoms with Crippen molar-refractivity contribution in [3.05, 3.63) is 58.1 Å². The third kappa shape index (κ3) is 5.97. The van der Waals surface area contributed by atoms with E-state index >= 15 is 0 Å². The van der Waals surface area contributed by atoms with Gasteiger partial charge in [-0.2, -0.15) is 0 Å². The van der Waals surface area contributed by atoms with Crippen molar-refractivity contribution >= 4 is 29.3 Å². The number of hydrogen-bond acceptors (Lipinski definition) is 8. The van der Waals surface area contributed by atoms with Gasteiger partial charge in [0.05, 0.1) is 30.9 Å². The Hall–Kier alpha value is -3.55. The Morgan fingerprint density at radius 2 is 1.29 bits per heavy atom. The van der Waals surface area contributed by atoms with Crippen molar-refractivity contribution in [2.75, 3.05) is 25.7 Å². The molecule has 0 aliphatic carbocycles. The number of anilines is 2. The number of aryl methyl sites for hydroxylation is 2. The van der Waals surface area contributed by atoms with E-state index in [2.05, 4.69) is 0 Å². The second kappa shape index (κ2) is 9.51. The number of hydrogen-bond donors (Lipinski definition) is 2. The molecule has 0 amide bonds. The van der Waals surface area contributed by atoms with Gasteiger partial charge in [0, 0.05) is 11.4 Å². The van der Waals surface area contributed by atoms with Crippen LogP contribution in [0.4, 0.5) is 11.4 Å². The summed E-state index contributed by atoms with van der Waals surface area (Å²) in [7, 11) is 2.45. The molecular weight excluding hydrogens is 400 g/mol. The lowest BCUT2D eigenvalue weighted by Gasteiger charge is -2.19. The predicted octanol–water partition coefficient (Wildman–Crippen LogP) is 3.16. The van der Waals surface area contributed by atoms with E-state index in [0.717, 1.165) is 5.56 Å². The molecular formula is C23H28N2O6. The molecule has 2 aromatic carbocycles. The number of ether oxygens (including phenoxy) is 3. The molecule has 0 atom stereocenters. The summed E-state index contributed by atoms with van der Waals surface area (Å²) in [4.78, 5) is 36.3. The van der Waals surface area contributed by atoms with Gasteiger partial charge in [0.25, 0.3) is 0 Å². The van der Waals surface area contributed by atoms with Gasteiger partial charge in [0.15, 0.2) is 0 Å². The molecule has 0 saturated carbocycles. The third-order valence-electron chi connectivity index (χ3n) is 4.53. The zero-order valence-corrected chi connectivity index (χ0v) is 18.4. The largest absolute Gasteiger partial charge is 0.465 e. The van der Waals surface area contributed by atoms with Crippen LogP contribution in [0.25, 0.3) is 0 Å². The summed E-state index contributed by atoms with van der Waals surface area (Å²) < 4.78 is 14.8. The fraction of sp³-hybridized carbons (Fsp3) is 0.348. The molecule has 0 aromatic heterocycles. The van der Waals surface area contributed by atoms with Gasteiger partial charge in [-0.15, -0.1) is 0 Å². The maximum Gasteiger partial charge on any atom is 0.338 e. The highest BCUT2D eigenvalue weighted by Crippen LogP contribution is 2.24. The Balaban J connectivity index is 2.25. The molecule has 0 aliphatic heterocycles. The van der Waals surface area contributed by atoms with Gasteiger partial charge in [0.1, 0.15) is 5.60 Å². The Kier molecular flexibility index (Phi) is 7.28. The highest BCUT2D eigenvalue weighted by molar-refractivity contribution is 6.04. The van der Waals surface area contributed by atoms with E-state index in [4.69, 9.17) is 25.7 Å². The molecule has 2 aromatic rings. The van der Waals surface area contributed by atoms with Gasteiger partial charge in [-0.25, -0.2) is 14.4 Å². The Morgan fingerprint density at radius 1 is 0.774 bits per heavy atom. The minimum Gasteiger partial charge on any atom is -0.465 e. The Labute approximate surface area is 181 Å². The summed E-state index contributed by atoms with van der Waals surface area (Å²) in [6.07, 6.45) is 0.954. The molecule has 8 heteroatoms. The lowest BCUT2D eigenvalue weighted by molar-refractivity contribution is 0.00692. The summed E-state index contributed by atoms with van der Waals surface area (Å²) in [5, 5.41) is 0. The number of nitrogen functional groups attached to an aromatic ring is 2. The lowest BCUT2D eigenvalue weighted by Crippen LogP contribution is -2.24. The van der Waals surface area contributed by atoms with E-state index in [9.17, 15) is 14.4 Å². The molecule has 0 fully saturated rings. The fourth-order valence-electron chi connectivity index (χ4n) is 2.99. The number of carbonyl (C=O) groups is 3. The Morgan fingerprint density at radius 3 is 1.81 bits per heavy atom. The Bertz CT molecular complexity index is 1010. The van der Waals surface area contributed by atoms with Crippen LogP contribution in [0, 0.1) is 0 Å². The molecule has 31 heavy (non-hydrogen) atoms. The van der Waals surface area contributed by atoms with Crippen LogP contribution in [0.3, 0.4) is 0 Å². The summed E-state index contributed by atoms with van der Waals surface area (Å²) in [5.41, 5.74) is 14.4. The van der Waals surface area contributed by atoms with Crippen molar-refractivity contribution in [3.8, 4) is 0 Å². The molecule has 0 unspecified atom stereocenters. The quantitative estimate of drug-likeness (QED) is 0.407. The van der Waals surface area contributed by atoms with E-state index in [1.807, 2.05) is 0 Å². The first-order valence-corrected chi connectivity index (χ1v) is 9.67. The van der Waals surface area contributed by atoms with Crippen LogP contribution in [0.5, 0.6) is 0 Å². The van der Waals surface area contributed by atoms with E-state index < -0.39 is 23.5 Å². The molecule has 0 spiro atoms. The number of esters is 3. The van der Waals surface area contributed by atoms with E-state index in [0.29, 0.717) is 35.3 Å². The monoisotopic (exact) mass is 428 g/mol. The van der Waals surface area contributed by atoms with Crippen molar-refractivity contribution < 1.29 is 28.6 Å². The zero-order chi connectivity index (χ0) is 23.3. The van der Waals surface area contributed by atoms with Crippen LogP contribution in [-0.2, 0) is 27.1 Å². The van der Waals surface area contributed by atoms with Crippen LogP contribution < -0.4 is 11.5 Å². The standard InChI is InChI=1S/C23H28N2O6/c1-23(2,3)31-20(26)15-9-7-13(18(24)11-15)6-8-14-10-16(21(27)29-4)17(12-19(14)25)22(28)30-5/h7,9-12H,6,8,24-25H2,1-5H3. The molecule has 0 heterocycles. The van der Waals surface area contributed by atoms with Crippen molar-refractivity contribution in [1.82, 2.24) is 0 Å². The van der Waals surface area contributed by atoms with Crippen LogP contribution in [0.1, 0.15) is 63.0 Å². The van der Waals surface area contributed by atoms with Gasteiger partial charge in [0.2, 0.25) is 0 Å². The fourth-order valence-corrected chi connectivity index (χ4v) is 2.99. The molecule has 166 valence electrons. The predicted molar refractivity (Wildman–Crippen MR) is 117 cm³/mol. The third-order valence-corrected chi connectivity index (χ3v) is 4.53. The van der Waals surface area contributed by atoms with Gasteiger partial charge < -0.3 is 25.7 Å². The van der Waals surface area contributed by atoms with E-state index in [1.165, 1.54) is 26.4 Å². The highest BCUT2D eigenvalue weighted by atomic mass is 16.6. The molecule has 0 bridgehead atoms. The number of rotatable bonds is 6. The van der Waals surface area contributed by atoms with Gasteiger partial charge in [-0.3, -0.25) is 0 Å². The average Bonchev–Trinajstić information content (AvgIpc) is 2.70. The van der Waals surface area contributed by atoms with Crippen molar-refractivity contribution in [2.45, 2.75) is 39.2 Å². The van der Waals surface area contributed by atoms with E-state index in [1.54, 1.807) is 39.0 Å². The van der Waals surface area contributed by atoms with Crippen LogP contribution in [-0.4, -0.2) is 37.7 Å². The van der Waals surface area contributed by atoms with Crippen LogP contribution >= 0.6 is 0 Å². The smallest absolute Gasteiger partial charge is 0.338 e. The molecule has 0 radical (unpaired) electrons. The molecule has 0 saturated heterocycles. The molecule has 8 nitrogen and oxygen atoms in total. The number of carbonyl (C=O) groups excluding carboxylic acids is 3. The van der Waals surface area contributed by atoms with Crippen molar-refractivity contribution in [3.63, 3.8) is 0 Å². The summed E-state index contributed by atoms with van der Waals surface area (Å²) >= 11 is 0. The first kappa shape index (κ1) is 23.7. The second-order valence-corrected chi connectivity index (χ2v) is 8.00. The minimum atomic E-state index is -0.680. The van der Waals surface area contributed by atoms with Crippen LogP contribution in [0.2, 0.25) is 0 Å². The van der Waals surface area contributed by atoms with Gasteiger partial charge >= 0.3 is 17.9 Å². The van der Waals surface area contributed by atoms with E-state index in [-0.39, 0.29) is 11.1 Å². The maximum absolute atomic E-state index is 12.2. The summed E-state index contributed by atoms with van der Waals surface area (Å²) in [5.74, 6) is -1.79. The zero-order valence-electron chi connectivity index (χ0n) is 18.4. The van der Waals surface area contributed by atoms with Gasteiger partial charge in [-0.1, -0.05) is 6.07 Å². The summed E-state index contributed by atoms with van der Waals surface area (Å²) in [6.45, 7) is 5.38. The molecule has 2 rings (SSSR count).